The van der Waals surface area contributed by atoms with Crippen LogP contribution in [0.1, 0.15) is 39.5 Å². The summed E-state index contributed by atoms with van der Waals surface area (Å²) >= 11 is 0. The van der Waals surface area contributed by atoms with Gasteiger partial charge in [-0.3, -0.25) is 0 Å². The van der Waals surface area contributed by atoms with Gasteiger partial charge >= 0.3 is 0 Å². The molecular formula is C9H22N2. The summed E-state index contributed by atoms with van der Waals surface area (Å²) in [4.78, 5) is 0. The predicted octanol–water partition coefficient (Wildman–Crippen LogP) is 1.49. The molecule has 0 bridgehead atoms. The largest absolute Gasteiger partial charge is 0.330 e. The molecule has 0 saturated heterocycles. The summed E-state index contributed by atoms with van der Waals surface area (Å²) in [5, 5.41) is 0. The van der Waals surface area contributed by atoms with Gasteiger partial charge in [0.15, 0.2) is 0 Å². The van der Waals surface area contributed by atoms with Crippen LogP contribution in [0.4, 0.5) is 0 Å². The SMILES string of the molecule is CCC(CCCCN)C(C)N. The average molecular weight is 158 g/mol. The van der Waals surface area contributed by atoms with Crippen LogP contribution in [0.15, 0.2) is 0 Å². The highest BCUT2D eigenvalue weighted by Crippen LogP contribution is 2.14. The van der Waals surface area contributed by atoms with Crippen LogP contribution < -0.4 is 11.5 Å². The molecule has 0 aromatic carbocycles. The van der Waals surface area contributed by atoms with E-state index in [-0.39, 0.29) is 0 Å². The van der Waals surface area contributed by atoms with Crippen molar-refractivity contribution in [3.63, 3.8) is 0 Å². The second-order valence-electron chi connectivity index (χ2n) is 3.31. The standard InChI is InChI=1S/C9H22N2/c1-3-9(8(2)11)6-4-5-7-10/h8-9H,3-7,10-11H2,1-2H3. The summed E-state index contributed by atoms with van der Waals surface area (Å²) in [5.41, 5.74) is 11.2. The molecule has 2 heteroatoms. The third-order valence-corrected chi connectivity index (χ3v) is 2.30. The van der Waals surface area contributed by atoms with E-state index in [2.05, 4.69) is 13.8 Å². The van der Waals surface area contributed by atoms with Crippen LogP contribution in [-0.4, -0.2) is 12.6 Å². The molecule has 0 saturated carbocycles. The van der Waals surface area contributed by atoms with Crippen molar-refractivity contribution < 1.29 is 0 Å². The van der Waals surface area contributed by atoms with Gasteiger partial charge in [0.2, 0.25) is 0 Å². The fraction of sp³-hybridized carbons (Fsp3) is 1.00. The molecule has 0 radical (unpaired) electrons. The summed E-state index contributed by atoms with van der Waals surface area (Å²) in [6, 6.07) is 0.345. The molecule has 0 aromatic heterocycles. The van der Waals surface area contributed by atoms with Crippen LogP contribution in [0.3, 0.4) is 0 Å². The first kappa shape index (κ1) is 10.9. The van der Waals surface area contributed by atoms with Gasteiger partial charge in [0.05, 0.1) is 0 Å². The molecular weight excluding hydrogens is 136 g/mol. The van der Waals surface area contributed by atoms with Gasteiger partial charge in [-0.2, -0.15) is 0 Å². The van der Waals surface area contributed by atoms with Crippen LogP contribution >= 0.6 is 0 Å². The summed E-state index contributed by atoms with van der Waals surface area (Å²) in [6.07, 6.45) is 4.81. The Morgan fingerprint density at radius 3 is 2.27 bits per heavy atom. The Labute approximate surface area is 70.3 Å². The summed E-state index contributed by atoms with van der Waals surface area (Å²) in [5.74, 6) is 0.696. The maximum atomic E-state index is 5.80. The first-order valence-corrected chi connectivity index (χ1v) is 4.68. The number of rotatable bonds is 6. The third-order valence-electron chi connectivity index (χ3n) is 2.30. The van der Waals surface area contributed by atoms with Gasteiger partial charge < -0.3 is 11.5 Å². The predicted molar refractivity (Wildman–Crippen MR) is 50.3 cm³/mol. The van der Waals surface area contributed by atoms with Crippen LogP contribution in [0, 0.1) is 5.92 Å². The van der Waals surface area contributed by atoms with E-state index in [0.717, 1.165) is 13.0 Å². The van der Waals surface area contributed by atoms with Gasteiger partial charge in [-0.05, 0) is 32.2 Å². The monoisotopic (exact) mass is 158 g/mol. The number of hydrogen-bond acceptors (Lipinski definition) is 2. The molecule has 2 nitrogen and oxygen atoms in total. The molecule has 0 spiro atoms. The minimum atomic E-state index is 0.345. The Hall–Kier alpha value is -0.0800. The van der Waals surface area contributed by atoms with E-state index in [4.69, 9.17) is 11.5 Å². The van der Waals surface area contributed by atoms with Gasteiger partial charge in [0.25, 0.3) is 0 Å². The number of nitrogens with two attached hydrogens (primary N) is 2. The minimum absolute atomic E-state index is 0.345. The highest BCUT2D eigenvalue weighted by molar-refractivity contribution is 4.66. The molecule has 68 valence electrons. The van der Waals surface area contributed by atoms with Gasteiger partial charge in [0, 0.05) is 6.04 Å². The molecule has 0 aliphatic heterocycles. The number of hydrogen-bond donors (Lipinski definition) is 2. The quantitative estimate of drug-likeness (QED) is 0.575. The molecule has 0 heterocycles. The summed E-state index contributed by atoms with van der Waals surface area (Å²) < 4.78 is 0. The first-order chi connectivity index (χ1) is 5.22. The van der Waals surface area contributed by atoms with Crippen LogP contribution in [-0.2, 0) is 0 Å². The van der Waals surface area contributed by atoms with E-state index in [9.17, 15) is 0 Å². The van der Waals surface area contributed by atoms with Gasteiger partial charge in [0.1, 0.15) is 0 Å². The highest BCUT2D eigenvalue weighted by Gasteiger charge is 2.09. The van der Waals surface area contributed by atoms with Crippen molar-refractivity contribution in [2.45, 2.75) is 45.6 Å². The molecule has 0 aromatic rings. The molecule has 11 heavy (non-hydrogen) atoms. The van der Waals surface area contributed by atoms with Crippen molar-refractivity contribution in [2.75, 3.05) is 6.54 Å². The second kappa shape index (κ2) is 6.62. The van der Waals surface area contributed by atoms with Crippen LogP contribution in [0.25, 0.3) is 0 Å². The lowest BCUT2D eigenvalue weighted by molar-refractivity contribution is 0.387. The highest BCUT2D eigenvalue weighted by atomic mass is 14.6. The Kier molecular flexibility index (Phi) is 6.57. The topological polar surface area (TPSA) is 52.0 Å². The fourth-order valence-corrected chi connectivity index (χ4v) is 1.39. The maximum absolute atomic E-state index is 5.80. The molecule has 2 atom stereocenters. The van der Waals surface area contributed by atoms with Gasteiger partial charge in [-0.25, -0.2) is 0 Å². The zero-order valence-corrected chi connectivity index (χ0v) is 7.84. The normalized spacial score (nSPS) is 16.4. The number of unbranched alkanes of at least 4 members (excludes halogenated alkanes) is 1. The molecule has 0 rings (SSSR count). The van der Waals surface area contributed by atoms with Crippen molar-refractivity contribution >= 4 is 0 Å². The Balaban J connectivity index is 3.36. The lowest BCUT2D eigenvalue weighted by Crippen LogP contribution is -2.26. The van der Waals surface area contributed by atoms with Gasteiger partial charge in [-0.1, -0.05) is 19.8 Å². The molecule has 0 aliphatic carbocycles. The molecule has 2 unspecified atom stereocenters. The van der Waals surface area contributed by atoms with Crippen molar-refractivity contribution in [2.24, 2.45) is 17.4 Å². The third kappa shape index (κ3) is 5.22. The van der Waals surface area contributed by atoms with E-state index in [1.807, 2.05) is 0 Å². The smallest absolute Gasteiger partial charge is 0.00386 e. The molecule has 4 N–H and O–H groups in total. The zero-order chi connectivity index (χ0) is 8.69. The van der Waals surface area contributed by atoms with E-state index in [1.165, 1.54) is 19.3 Å². The average Bonchev–Trinajstić information content (AvgIpc) is 1.97. The van der Waals surface area contributed by atoms with Crippen molar-refractivity contribution in [3.8, 4) is 0 Å². The van der Waals surface area contributed by atoms with E-state index in [1.54, 1.807) is 0 Å². The Morgan fingerprint density at radius 2 is 1.91 bits per heavy atom. The molecule has 0 fully saturated rings. The summed E-state index contributed by atoms with van der Waals surface area (Å²) in [6.45, 7) is 5.11. The Bertz CT molecular complexity index is 81.6. The summed E-state index contributed by atoms with van der Waals surface area (Å²) in [7, 11) is 0. The minimum Gasteiger partial charge on any atom is -0.330 e. The Morgan fingerprint density at radius 1 is 1.27 bits per heavy atom. The zero-order valence-electron chi connectivity index (χ0n) is 7.84. The van der Waals surface area contributed by atoms with Crippen LogP contribution in [0.5, 0.6) is 0 Å². The lowest BCUT2D eigenvalue weighted by atomic mass is 9.93. The van der Waals surface area contributed by atoms with E-state index < -0.39 is 0 Å². The van der Waals surface area contributed by atoms with E-state index >= 15 is 0 Å². The lowest BCUT2D eigenvalue weighted by Gasteiger charge is -2.18. The molecule has 0 amide bonds. The van der Waals surface area contributed by atoms with Crippen molar-refractivity contribution in [3.05, 3.63) is 0 Å². The van der Waals surface area contributed by atoms with E-state index in [0.29, 0.717) is 12.0 Å². The second-order valence-corrected chi connectivity index (χ2v) is 3.31. The fourth-order valence-electron chi connectivity index (χ4n) is 1.39. The van der Waals surface area contributed by atoms with Crippen molar-refractivity contribution in [1.29, 1.82) is 0 Å². The first-order valence-electron chi connectivity index (χ1n) is 4.68. The van der Waals surface area contributed by atoms with Gasteiger partial charge in [-0.15, -0.1) is 0 Å². The van der Waals surface area contributed by atoms with Crippen LogP contribution in [0.2, 0.25) is 0 Å². The maximum Gasteiger partial charge on any atom is 0.00386 e. The molecule has 0 aliphatic rings. The van der Waals surface area contributed by atoms with Crippen molar-refractivity contribution in [1.82, 2.24) is 0 Å².